The highest BCUT2D eigenvalue weighted by atomic mass is 16.6. The van der Waals surface area contributed by atoms with Gasteiger partial charge < -0.3 is 5.32 Å². The molecule has 2 atom stereocenters. The maximum atomic E-state index is 11.2. The van der Waals surface area contributed by atoms with E-state index in [1.807, 2.05) is 6.92 Å². The van der Waals surface area contributed by atoms with E-state index < -0.39 is 0 Å². The Bertz CT molecular complexity index is 484. The largest absolute Gasteiger partial charge is 0.364 e. The summed E-state index contributed by atoms with van der Waals surface area (Å²) in [5, 5.41) is 18.7. The second-order valence-corrected chi connectivity index (χ2v) is 5.90. The standard InChI is InChI=1S/C14H24N4O2/c1-4-12-13(18(19)20)14(17(3)16-12)15-9-11-7-5-6-10(2)8-11/h10-11,15H,4-9H2,1-3H3. The molecule has 1 fully saturated rings. The smallest absolute Gasteiger partial charge is 0.333 e. The van der Waals surface area contributed by atoms with Crippen LogP contribution in [0.3, 0.4) is 0 Å². The van der Waals surface area contributed by atoms with E-state index in [1.54, 1.807) is 11.7 Å². The van der Waals surface area contributed by atoms with Crippen molar-refractivity contribution in [3.63, 3.8) is 0 Å². The Morgan fingerprint density at radius 1 is 1.50 bits per heavy atom. The van der Waals surface area contributed by atoms with Crippen molar-refractivity contribution in [3.8, 4) is 0 Å². The minimum absolute atomic E-state index is 0.138. The molecule has 1 aliphatic carbocycles. The van der Waals surface area contributed by atoms with E-state index >= 15 is 0 Å². The first-order valence-corrected chi connectivity index (χ1v) is 7.47. The van der Waals surface area contributed by atoms with Crippen molar-refractivity contribution in [2.45, 2.75) is 46.0 Å². The molecule has 0 saturated heterocycles. The minimum Gasteiger partial charge on any atom is -0.364 e. The molecule has 0 aliphatic heterocycles. The molecule has 2 unspecified atom stereocenters. The van der Waals surface area contributed by atoms with Gasteiger partial charge in [-0.1, -0.05) is 26.7 Å². The molecular formula is C14H24N4O2. The maximum Gasteiger partial charge on any atom is 0.333 e. The number of nitrogens with one attached hydrogen (secondary N) is 1. The summed E-state index contributed by atoms with van der Waals surface area (Å²) >= 11 is 0. The minimum atomic E-state index is -0.322. The van der Waals surface area contributed by atoms with Crippen molar-refractivity contribution in [2.75, 3.05) is 11.9 Å². The van der Waals surface area contributed by atoms with Crippen molar-refractivity contribution in [2.24, 2.45) is 18.9 Å². The average Bonchev–Trinajstić information content (AvgIpc) is 2.73. The summed E-state index contributed by atoms with van der Waals surface area (Å²) in [7, 11) is 1.76. The summed E-state index contributed by atoms with van der Waals surface area (Å²) in [4.78, 5) is 10.9. The molecular weight excluding hydrogens is 256 g/mol. The molecule has 0 aromatic carbocycles. The number of nitrogens with zero attached hydrogens (tertiary/aromatic N) is 3. The number of aromatic nitrogens is 2. The third-order valence-electron chi connectivity index (χ3n) is 4.21. The van der Waals surface area contributed by atoms with Crippen LogP contribution >= 0.6 is 0 Å². The van der Waals surface area contributed by atoms with Gasteiger partial charge in [0.15, 0.2) is 0 Å². The Labute approximate surface area is 119 Å². The highest BCUT2D eigenvalue weighted by Crippen LogP contribution is 2.31. The van der Waals surface area contributed by atoms with Crippen LogP contribution in [0.25, 0.3) is 0 Å². The second kappa shape index (κ2) is 6.24. The van der Waals surface area contributed by atoms with Crippen molar-refractivity contribution in [1.29, 1.82) is 0 Å². The van der Waals surface area contributed by atoms with Gasteiger partial charge in [-0.25, -0.2) is 4.68 Å². The van der Waals surface area contributed by atoms with Crippen LogP contribution in [-0.4, -0.2) is 21.2 Å². The number of hydrogen-bond donors (Lipinski definition) is 1. The highest BCUT2D eigenvalue weighted by Gasteiger charge is 2.26. The first-order valence-electron chi connectivity index (χ1n) is 7.47. The zero-order chi connectivity index (χ0) is 14.7. The topological polar surface area (TPSA) is 73.0 Å². The number of aryl methyl sites for hydroxylation is 2. The molecule has 1 aliphatic rings. The van der Waals surface area contributed by atoms with E-state index in [0.29, 0.717) is 23.9 Å². The quantitative estimate of drug-likeness (QED) is 0.664. The van der Waals surface area contributed by atoms with Crippen molar-refractivity contribution in [1.82, 2.24) is 9.78 Å². The van der Waals surface area contributed by atoms with Crippen molar-refractivity contribution in [3.05, 3.63) is 15.8 Å². The summed E-state index contributed by atoms with van der Waals surface area (Å²) in [5.74, 6) is 1.92. The van der Waals surface area contributed by atoms with Crippen LogP contribution < -0.4 is 5.32 Å². The first-order chi connectivity index (χ1) is 9.52. The van der Waals surface area contributed by atoms with Gasteiger partial charge in [0.25, 0.3) is 0 Å². The third-order valence-corrected chi connectivity index (χ3v) is 4.21. The van der Waals surface area contributed by atoms with Crippen LogP contribution in [0.1, 0.15) is 45.2 Å². The van der Waals surface area contributed by atoms with E-state index in [9.17, 15) is 10.1 Å². The number of anilines is 1. The predicted molar refractivity (Wildman–Crippen MR) is 78.9 cm³/mol. The van der Waals surface area contributed by atoms with Crippen LogP contribution in [-0.2, 0) is 13.5 Å². The summed E-state index contributed by atoms with van der Waals surface area (Å²) in [6.07, 6.45) is 5.57. The molecule has 6 nitrogen and oxygen atoms in total. The Hall–Kier alpha value is -1.59. The van der Waals surface area contributed by atoms with Gasteiger partial charge in [0.1, 0.15) is 5.69 Å². The Morgan fingerprint density at radius 3 is 2.85 bits per heavy atom. The summed E-state index contributed by atoms with van der Waals surface area (Å²) in [6.45, 7) is 4.98. The van der Waals surface area contributed by atoms with Crippen molar-refractivity contribution >= 4 is 11.5 Å². The number of rotatable bonds is 5. The van der Waals surface area contributed by atoms with Crippen molar-refractivity contribution < 1.29 is 4.92 Å². The second-order valence-electron chi connectivity index (χ2n) is 5.90. The fourth-order valence-electron chi connectivity index (χ4n) is 3.18. The maximum absolute atomic E-state index is 11.2. The molecule has 6 heteroatoms. The van der Waals surface area contributed by atoms with Crippen LogP contribution in [0.4, 0.5) is 11.5 Å². The molecule has 1 heterocycles. The molecule has 112 valence electrons. The van der Waals surface area contributed by atoms with Gasteiger partial charge in [0.2, 0.25) is 5.82 Å². The van der Waals surface area contributed by atoms with Gasteiger partial charge in [-0.2, -0.15) is 5.10 Å². The molecule has 0 spiro atoms. The SMILES string of the molecule is CCc1nn(C)c(NCC2CCCC(C)C2)c1[N+](=O)[O-]. The zero-order valence-electron chi connectivity index (χ0n) is 12.6. The summed E-state index contributed by atoms with van der Waals surface area (Å²) in [6, 6.07) is 0. The fourth-order valence-corrected chi connectivity index (χ4v) is 3.18. The lowest BCUT2D eigenvalue weighted by atomic mass is 9.82. The highest BCUT2D eigenvalue weighted by molar-refractivity contribution is 5.59. The zero-order valence-corrected chi connectivity index (χ0v) is 12.6. The van der Waals surface area contributed by atoms with Gasteiger partial charge in [-0.05, 0) is 31.1 Å². The molecule has 0 amide bonds. The number of hydrogen-bond acceptors (Lipinski definition) is 4. The Balaban J connectivity index is 2.08. The van der Waals surface area contributed by atoms with Gasteiger partial charge in [0.05, 0.1) is 4.92 Å². The molecule has 20 heavy (non-hydrogen) atoms. The molecule has 2 rings (SSSR count). The van der Waals surface area contributed by atoms with Crippen LogP contribution in [0.15, 0.2) is 0 Å². The van der Waals surface area contributed by atoms with Gasteiger partial charge in [-0.3, -0.25) is 10.1 Å². The van der Waals surface area contributed by atoms with E-state index in [4.69, 9.17) is 0 Å². The van der Waals surface area contributed by atoms with Gasteiger partial charge in [-0.15, -0.1) is 0 Å². The normalized spacial score (nSPS) is 22.8. The lowest BCUT2D eigenvalue weighted by Gasteiger charge is -2.26. The van der Waals surface area contributed by atoms with Gasteiger partial charge in [0, 0.05) is 13.6 Å². The summed E-state index contributed by atoms with van der Waals surface area (Å²) in [5.41, 5.74) is 0.691. The number of nitro groups is 1. The Kier molecular flexibility index (Phi) is 4.62. The predicted octanol–water partition coefficient (Wildman–Crippen LogP) is 3.13. The molecule has 1 aromatic heterocycles. The third kappa shape index (κ3) is 3.11. The lowest BCUT2D eigenvalue weighted by Crippen LogP contribution is -2.22. The van der Waals surface area contributed by atoms with E-state index in [-0.39, 0.29) is 10.6 Å². The molecule has 0 radical (unpaired) electrons. The van der Waals surface area contributed by atoms with E-state index in [2.05, 4.69) is 17.3 Å². The van der Waals surface area contributed by atoms with Crippen LogP contribution in [0, 0.1) is 22.0 Å². The van der Waals surface area contributed by atoms with Gasteiger partial charge >= 0.3 is 5.69 Å². The van der Waals surface area contributed by atoms with E-state index in [0.717, 1.165) is 12.5 Å². The average molecular weight is 280 g/mol. The monoisotopic (exact) mass is 280 g/mol. The van der Waals surface area contributed by atoms with E-state index in [1.165, 1.54) is 25.7 Å². The lowest BCUT2D eigenvalue weighted by molar-refractivity contribution is -0.384. The molecule has 1 saturated carbocycles. The first kappa shape index (κ1) is 14.8. The summed E-state index contributed by atoms with van der Waals surface area (Å²) < 4.78 is 1.60. The molecule has 0 bridgehead atoms. The molecule has 1 N–H and O–H groups in total. The Morgan fingerprint density at radius 2 is 2.25 bits per heavy atom. The van der Waals surface area contributed by atoms with Crippen LogP contribution in [0.5, 0.6) is 0 Å². The van der Waals surface area contributed by atoms with Crippen LogP contribution in [0.2, 0.25) is 0 Å². The molecule has 1 aromatic rings. The fraction of sp³-hybridized carbons (Fsp3) is 0.786.